The number of carbonyl (C=O) groups is 1. The smallest absolute Gasteiger partial charge is 0.230 e. The zero-order valence-corrected chi connectivity index (χ0v) is 10.7. The molecule has 1 aromatic rings. The van der Waals surface area contributed by atoms with Crippen LogP contribution in [0.4, 0.5) is 0 Å². The largest absolute Gasteiger partial charge is 0.355 e. The fourth-order valence-electron chi connectivity index (χ4n) is 1.32. The van der Waals surface area contributed by atoms with Crippen LogP contribution >= 0.6 is 11.8 Å². The molecule has 17 heavy (non-hydrogen) atoms. The van der Waals surface area contributed by atoms with Gasteiger partial charge >= 0.3 is 0 Å². The number of thioether (sulfide) groups is 1. The molecule has 0 atom stereocenters. The molecule has 0 heterocycles. The maximum absolute atomic E-state index is 11.3. The Morgan fingerprint density at radius 3 is 2.94 bits per heavy atom. The average Bonchev–Trinajstić information content (AvgIpc) is 2.37. The van der Waals surface area contributed by atoms with Gasteiger partial charge in [-0.2, -0.15) is 5.26 Å². The molecule has 1 aromatic carbocycles. The lowest BCUT2D eigenvalue weighted by atomic mass is 10.1. The van der Waals surface area contributed by atoms with E-state index in [4.69, 9.17) is 5.26 Å². The predicted molar refractivity (Wildman–Crippen MR) is 70.6 cm³/mol. The van der Waals surface area contributed by atoms with Crippen LogP contribution in [-0.4, -0.2) is 18.2 Å². The lowest BCUT2D eigenvalue weighted by molar-refractivity contribution is -0.118. The van der Waals surface area contributed by atoms with Crippen molar-refractivity contribution >= 4 is 17.7 Å². The van der Waals surface area contributed by atoms with Crippen molar-refractivity contribution in [3.05, 3.63) is 35.4 Å². The monoisotopic (exact) mass is 248 g/mol. The van der Waals surface area contributed by atoms with Crippen LogP contribution in [0.15, 0.2) is 24.3 Å². The van der Waals surface area contributed by atoms with Crippen LogP contribution < -0.4 is 5.32 Å². The van der Waals surface area contributed by atoms with Crippen LogP contribution in [0.25, 0.3) is 0 Å². The average molecular weight is 248 g/mol. The highest BCUT2D eigenvalue weighted by molar-refractivity contribution is 7.99. The van der Waals surface area contributed by atoms with Crippen molar-refractivity contribution in [3.63, 3.8) is 0 Å². The first kappa shape index (κ1) is 13.6. The third kappa shape index (κ3) is 4.92. The van der Waals surface area contributed by atoms with Crippen LogP contribution in [0.3, 0.4) is 0 Å². The van der Waals surface area contributed by atoms with Crippen LogP contribution in [0, 0.1) is 11.3 Å². The fourth-order valence-corrected chi connectivity index (χ4v) is 2.19. The van der Waals surface area contributed by atoms with Gasteiger partial charge in [-0.3, -0.25) is 4.79 Å². The Labute approximate surface area is 106 Å². The molecular weight excluding hydrogens is 232 g/mol. The summed E-state index contributed by atoms with van der Waals surface area (Å²) in [6, 6.07) is 9.64. The molecular formula is C13H16N2OS. The van der Waals surface area contributed by atoms with Crippen molar-refractivity contribution < 1.29 is 4.79 Å². The van der Waals surface area contributed by atoms with Crippen molar-refractivity contribution in [1.82, 2.24) is 5.32 Å². The van der Waals surface area contributed by atoms with E-state index < -0.39 is 0 Å². The molecule has 0 spiro atoms. The van der Waals surface area contributed by atoms with Crippen LogP contribution in [0.5, 0.6) is 0 Å². The second-order valence-electron chi connectivity index (χ2n) is 3.61. The van der Waals surface area contributed by atoms with Gasteiger partial charge in [0.05, 0.1) is 17.4 Å². The van der Waals surface area contributed by atoms with Crippen LogP contribution in [-0.2, 0) is 10.5 Å². The lowest BCUT2D eigenvalue weighted by Gasteiger charge is -2.04. The zero-order chi connectivity index (χ0) is 12.5. The number of nitrogens with one attached hydrogen (secondary N) is 1. The molecule has 0 radical (unpaired) electrons. The standard InChI is InChI=1S/C13H16N2OS/c1-2-7-15-13(16)10-17-9-12-6-4-3-5-11(12)8-14/h3-6H,2,7,9-10H2,1H3,(H,15,16). The molecule has 0 fully saturated rings. The quantitative estimate of drug-likeness (QED) is 0.840. The van der Waals surface area contributed by atoms with Gasteiger partial charge in [-0.05, 0) is 18.1 Å². The SMILES string of the molecule is CCCNC(=O)CSCc1ccccc1C#N. The Balaban J connectivity index is 2.36. The van der Waals surface area contributed by atoms with Crippen LogP contribution in [0.2, 0.25) is 0 Å². The van der Waals surface area contributed by atoms with E-state index in [1.807, 2.05) is 25.1 Å². The van der Waals surface area contributed by atoms with Gasteiger partial charge in [0, 0.05) is 12.3 Å². The summed E-state index contributed by atoms with van der Waals surface area (Å²) in [5.41, 5.74) is 1.68. The van der Waals surface area contributed by atoms with Gasteiger partial charge in [0.2, 0.25) is 5.91 Å². The summed E-state index contributed by atoms with van der Waals surface area (Å²) in [5.74, 6) is 1.20. The Bertz CT molecular complexity index is 412. The topological polar surface area (TPSA) is 52.9 Å². The van der Waals surface area contributed by atoms with E-state index in [1.54, 1.807) is 6.07 Å². The maximum Gasteiger partial charge on any atom is 0.230 e. The van der Waals surface area contributed by atoms with E-state index in [0.29, 0.717) is 17.1 Å². The minimum atomic E-state index is 0.0614. The van der Waals surface area contributed by atoms with E-state index in [0.717, 1.165) is 18.5 Å². The van der Waals surface area contributed by atoms with Crippen molar-refractivity contribution in [3.8, 4) is 6.07 Å². The summed E-state index contributed by atoms with van der Waals surface area (Å²) in [6.07, 6.45) is 0.952. The van der Waals surface area contributed by atoms with Gasteiger partial charge in [0.1, 0.15) is 0 Å². The Morgan fingerprint density at radius 1 is 1.47 bits per heavy atom. The third-order valence-corrected chi connectivity index (χ3v) is 3.18. The number of hydrogen-bond acceptors (Lipinski definition) is 3. The first-order valence-corrected chi connectivity index (χ1v) is 6.75. The molecule has 0 aliphatic heterocycles. The normalized spacial score (nSPS) is 9.65. The van der Waals surface area contributed by atoms with Gasteiger partial charge in [0.25, 0.3) is 0 Å². The summed E-state index contributed by atoms with van der Waals surface area (Å²) in [5, 5.41) is 11.7. The van der Waals surface area contributed by atoms with Crippen molar-refractivity contribution in [2.45, 2.75) is 19.1 Å². The molecule has 1 amide bonds. The number of benzene rings is 1. The number of nitriles is 1. The maximum atomic E-state index is 11.3. The lowest BCUT2D eigenvalue weighted by Crippen LogP contribution is -2.25. The molecule has 0 aliphatic rings. The number of hydrogen-bond donors (Lipinski definition) is 1. The molecule has 4 heteroatoms. The second kappa shape index (κ2) is 7.75. The van der Waals surface area contributed by atoms with Crippen molar-refractivity contribution in [1.29, 1.82) is 5.26 Å². The molecule has 0 saturated carbocycles. The molecule has 0 aromatic heterocycles. The molecule has 90 valence electrons. The molecule has 0 bridgehead atoms. The summed E-state index contributed by atoms with van der Waals surface area (Å²) >= 11 is 1.53. The molecule has 1 N–H and O–H groups in total. The summed E-state index contributed by atoms with van der Waals surface area (Å²) in [4.78, 5) is 11.3. The first-order valence-electron chi connectivity index (χ1n) is 5.60. The van der Waals surface area contributed by atoms with Gasteiger partial charge in [-0.1, -0.05) is 25.1 Å². The number of carbonyl (C=O) groups excluding carboxylic acids is 1. The van der Waals surface area contributed by atoms with Gasteiger partial charge < -0.3 is 5.32 Å². The summed E-state index contributed by atoms with van der Waals surface area (Å²) in [6.45, 7) is 2.75. The number of rotatable bonds is 6. The van der Waals surface area contributed by atoms with E-state index in [2.05, 4.69) is 11.4 Å². The highest BCUT2D eigenvalue weighted by Crippen LogP contribution is 2.15. The predicted octanol–water partition coefficient (Wildman–Crippen LogP) is 2.32. The highest BCUT2D eigenvalue weighted by Gasteiger charge is 2.03. The van der Waals surface area contributed by atoms with Gasteiger partial charge in [0.15, 0.2) is 0 Å². The molecule has 0 unspecified atom stereocenters. The third-order valence-electron chi connectivity index (χ3n) is 2.20. The number of amides is 1. The summed E-state index contributed by atoms with van der Waals surface area (Å²) < 4.78 is 0. The van der Waals surface area contributed by atoms with Crippen molar-refractivity contribution in [2.75, 3.05) is 12.3 Å². The molecule has 3 nitrogen and oxygen atoms in total. The molecule has 0 aliphatic carbocycles. The fraction of sp³-hybridized carbons (Fsp3) is 0.385. The van der Waals surface area contributed by atoms with Gasteiger partial charge in [-0.15, -0.1) is 11.8 Å². The Kier molecular flexibility index (Phi) is 6.19. The minimum absolute atomic E-state index is 0.0614. The number of nitrogens with zero attached hydrogens (tertiary/aromatic N) is 1. The van der Waals surface area contributed by atoms with E-state index in [-0.39, 0.29) is 5.91 Å². The Hall–Kier alpha value is -1.47. The van der Waals surface area contributed by atoms with E-state index in [9.17, 15) is 4.79 Å². The summed E-state index contributed by atoms with van der Waals surface area (Å²) in [7, 11) is 0. The molecule has 0 saturated heterocycles. The second-order valence-corrected chi connectivity index (χ2v) is 4.60. The first-order chi connectivity index (χ1) is 8.27. The Morgan fingerprint density at radius 2 is 2.24 bits per heavy atom. The highest BCUT2D eigenvalue weighted by atomic mass is 32.2. The molecule has 1 rings (SSSR count). The van der Waals surface area contributed by atoms with E-state index in [1.165, 1.54) is 11.8 Å². The van der Waals surface area contributed by atoms with Crippen molar-refractivity contribution in [2.24, 2.45) is 0 Å². The minimum Gasteiger partial charge on any atom is -0.355 e. The van der Waals surface area contributed by atoms with Crippen LogP contribution in [0.1, 0.15) is 24.5 Å². The van der Waals surface area contributed by atoms with Gasteiger partial charge in [-0.25, -0.2) is 0 Å². The van der Waals surface area contributed by atoms with E-state index >= 15 is 0 Å². The zero-order valence-electron chi connectivity index (χ0n) is 9.90.